The van der Waals surface area contributed by atoms with Crippen LogP contribution in [0.25, 0.3) is 0 Å². The quantitative estimate of drug-likeness (QED) is 0.745. The Kier molecular flexibility index (Phi) is 3.63. The topological polar surface area (TPSA) is 23.5 Å². The molecule has 1 aliphatic heterocycles. The maximum atomic E-state index is 9.91. The molecule has 0 aromatic rings. The first-order chi connectivity index (χ1) is 7.08. The molecule has 0 amide bonds. The molecule has 0 aromatic heterocycles. The first-order valence-corrected chi connectivity index (χ1v) is 7.13. The van der Waals surface area contributed by atoms with E-state index in [1.807, 2.05) is 0 Å². The molecule has 2 nitrogen and oxygen atoms in total. The average Bonchev–Trinajstić information content (AvgIpc) is 2.49. The van der Waals surface area contributed by atoms with Crippen molar-refractivity contribution < 1.29 is 5.11 Å². The second-order valence-electron chi connectivity index (χ2n) is 5.46. The summed E-state index contributed by atoms with van der Waals surface area (Å²) in [4.78, 5) is 2.53. The van der Waals surface area contributed by atoms with Gasteiger partial charge in [-0.25, -0.2) is 0 Å². The third-order valence-corrected chi connectivity index (χ3v) is 5.16. The van der Waals surface area contributed by atoms with E-state index >= 15 is 0 Å². The largest absolute Gasteiger partial charge is 0.391 e. The summed E-state index contributed by atoms with van der Waals surface area (Å²) in [5.74, 6) is 1.22. The van der Waals surface area contributed by atoms with Crippen molar-refractivity contribution >= 4 is 11.8 Å². The zero-order valence-electron chi connectivity index (χ0n) is 9.91. The van der Waals surface area contributed by atoms with Crippen LogP contribution in [0.5, 0.6) is 0 Å². The fourth-order valence-corrected chi connectivity index (χ4v) is 3.83. The molecule has 15 heavy (non-hydrogen) atoms. The van der Waals surface area contributed by atoms with E-state index in [0.29, 0.717) is 10.8 Å². The van der Waals surface area contributed by atoms with Gasteiger partial charge in [0.2, 0.25) is 0 Å². The summed E-state index contributed by atoms with van der Waals surface area (Å²) in [7, 11) is 0. The fourth-order valence-electron chi connectivity index (χ4n) is 2.71. The van der Waals surface area contributed by atoms with E-state index in [-0.39, 0.29) is 6.10 Å². The van der Waals surface area contributed by atoms with Gasteiger partial charge in [0.05, 0.1) is 6.10 Å². The SMILES string of the molecule is CC1(C)CCN([C@@H]2CCC[C@H]2O)CCS1. The van der Waals surface area contributed by atoms with Crippen LogP contribution in [0, 0.1) is 0 Å². The van der Waals surface area contributed by atoms with Gasteiger partial charge in [-0.15, -0.1) is 0 Å². The Morgan fingerprint density at radius 3 is 2.73 bits per heavy atom. The lowest BCUT2D eigenvalue weighted by Gasteiger charge is -2.30. The molecule has 2 rings (SSSR count). The van der Waals surface area contributed by atoms with Crippen molar-refractivity contribution in [3.8, 4) is 0 Å². The highest BCUT2D eigenvalue weighted by molar-refractivity contribution is 8.00. The molecule has 0 spiro atoms. The van der Waals surface area contributed by atoms with Crippen molar-refractivity contribution in [2.75, 3.05) is 18.8 Å². The fraction of sp³-hybridized carbons (Fsp3) is 1.00. The molecular formula is C12H23NOS. The van der Waals surface area contributed by atoms with Gasteiger partial charge >= 0.3 is 0 Å². The predicted octanol–water partition coefficient (Wildman–Crippen LogP) is 2.12. The van der Waals surface area contributed by atoms with Gasteiger partial charge < -0.3 is 5.11 Å². The van der Waals surface area contributed by atoms with Crippen LogP contribution in [0.3, 0.4) is 0 Å². The highest BCUT2D eigenvalue weighted by atomic mass is 32.2. The molecule has 2 aliphatic rings. The van der Waals surface area contributed by atoms with E-state index in [4.69, 9.17) is 0 Å². The molecule has 2 atom stereocenters. The molecule has 0 bridgehead atoms. The highest BCUT2D eigenvalue weighted by Gasteiger charge is 2.33. The van der Waals surface area contributed by atoms with Crippen molar-refractivity contribution in [1.29, 1.82) is 0 Å². The third-order valence-electron chi connectivity index (χ3n) is 3.79. The van der Waals surface area contributed by atoms with Gasteiger partial charge in [-0.05, 0) is 32.2 Å². The van der Waals surface area contributed by atoms with Gasteiger partial charge in [-0.2, -0.15) is 11.8 Å². The molecule has 88 valence electrons. The zero-order chi connectivity index (χ0) is 10.9. The van der Waals surface area contributed by atoms with Crippen LogP contribution in [-0.2, 0) is 0 Å². The van der Waals surface area contributed by atoms with Gasteiger partial charge in [0, 0.05) is 23.1 Å². The Morgan fingerprint density at radius 1 is 1.27 bits per heavy atom. The first-order valence-electron chi connectivity index (χ1n) is 6.15. The highest BCUT2D eigenvalue weighted by Crippen LogP contribution is 2.33. The average molecular weight is 229 g/mol. The molecule has 3 heteroatoms. The zero-order valence-corrected chi connectivity index (χ0v) is 10.7. The molecular weight excluding hydrogens is 206 g/mol. The van der Waals surface area contributed by atoms with Crippen molar-refractivity contribution in [1.82, 2.24) is 4.90 Å². The molecule has 1 heterocycles. The number of hydrogen-bond acceptors (Lipinski definition) is 3. The number of nitrogens with zero attached hydrogens (tertiary/aromatic N) is 1. The maximum Gasteiger partial charge on any atom is 0.0695 e. The summed E-state index contributed by atoms with van der Waals surface area (Å²) in [5, 5.41) is 9.91. The summed E-state index contributed by atoms with van der Waals surface area (Å²) in [5.41, 5.74) is 0. The summed E-state index contributed by atoms with van der Waals surface area (Å²) >= 11 is 2.08. The minimum absolute atomic E-state index is 0.0591. The van der Waals surface area contributed by atoms with E-state index in [1.54, 1.807) is 0 Å². The standard InChI is InChI=1S/C12H23NOS/c1-12(2)6-7-13(8-9-15-12)10-4-3-5-11(10)14/h10-11,14H,3-9H2,1-2H3/t10-,11-/m1/s1. The number of thioether (sulfide) groups is 1. The van der Waals surface area contributed by atoms with E-state index in [1.165, 1.54) is 31.6 Å². The number of aliphatic hydroxyl groups is 1. The van der Waals surface area contributed by atoms with Crippen LogP contribution in [-0.4, -0.2) is 45.7 Å². The van der Waals surface area contributed by atoms with Gasteiger partial charge in [0.1, 0.15) is 0 Å². The Labute approximate surface area is 97.4 Å². The Morgan fingerprint density at radius 2 is 2.07 bits per heavy atom. The van der Waals surface area contributed by atoms with Gasteiger partial charge in [0.25, 0.3) is 0 Å². The van der Waals surface area contributed by atoms with Crippen molar-refractivity contribution in [3.63, 3.8) is 0 Å². The first kappa shape index (κ1) is 11.7. The van der Waals surface area contributed by atoms with Crippen LogP contribution in [0.4, 0.5) is 0 Å². The van der Waals surface area contributed by atoms with Crippen molar-refractivity contribution in [2.45, 2.75) is 56.4 Å². The minimum atomic E-state index is -0.0591. The van der Waals surface area contributed by atoms with Crippen molar-refractivity contribution in [2.24, 2.45) is 0 Å². The van der Waals surface area contributed by atoms with Gasteiger partial charge in [0.15, 0.2) is 0 Å². The molecule has 2 fully saturated rings. The van der Waals surface area contributed by atoms with Crippen molar-refractivity contribution in [3.05, 3.63) is 0 Å². The second-order valence-corrected chi connectivity index (χ2v) is 7.26. The summed E-state index contributed by atoms with van der Waals surface area (Å²) in [6.45, 7) is 7.01. The second kappa shape index (κ2) is 4.64. The minimum Gasteiger partial charge on any atom is -0.391 e. The molecule has 1 N–H and O–H groups in total. The van der Waals surface area contributed by atoms with Gasteiger partial charge in [-0.3, -0.25) is 4.90 Å². The van der Waals surface area contributed by atoms with E-state index in [9.17, 15) is 5.11 Å². The Balaban J connectivity index is 1.93. The van der Waals surface area contributed by atoms with Crippen LogP contribution in [0.2, 0.25) is 0 Å². The lowest BCUT2D eigenvalue weighted by molar-refractivity contribution is 0.0738. The lowest BCUT2D eigenvalue weighted by Crippen LogP contribution is -2.41. The third kappa shape index (κ3) is 2.89. The molecule has 1 aliphatic carbocycles. The predicted molar refractivity (Wildman–Crippen MR) is 66.4 cm³/mol. The smallest absolute Gasteiger partial charge is 0.0695 e. The summed E-state index contributed by atoms with van der Waals surface area (Å²) in [6, 6.07) is 0.458. The number of rotatable bonds is 1. The molecule has 0 unspecified atom stereocenters. The molecule has 0 aromatic carbocycles. The Bertz CT molecular complexity index is 220. The van der Waals surface area contributed by atoms with Crippen LogP contribution >= 0.6 is 11.8 Å². The molecule has 1 saturated carbocycles. The molecule has 1 saturated heterocycles. The monoisotopic (exact) mass is 229 g/mol. The van der Waals surface area contributed by atoms with Gasteiger partial charge in [-0.1, -0.05) is 13.8 Å². The normalized spacial score (nSPS) is 37.8. The van der Waals surface area contributed by atoms with E-state index in [2.05, 4.69) is 30.5 Å². The van der Waals surface area contributed by atoms with Crippen LogP contribution in [0.1, 0.15) is 39.5 Å². The van der Waals surface area contributed by atoms with Crippen LogP contribution in [0.15, 0.2) is 0 Å². The maximum absolute atomic E-state index is 9.91. The summed E-state index contributed by atoms with van der Waals surface area (Å²) in [6.07, 6.45) is 4.61. The summed E-state index contributed by atoms with van der Waals surface area (Å²) < 4.78 is 0.429. The molecule has 0 radical (unpaired) electrons. The lowest BCUT2D eigenvalue weighted by atomic mass is 10.1. The number of hydrogen-bond donors (Lipinski definition) is 1. The van der Waals surface area contributed by atoms with Crippen LogP contribution < -0.4 is 0 Å². The van der Waals surface area contributed by atoms with E-state index < -0.39 is 0 Å². The van der Waals surface area contributed by atoms with E-state index in [0.717, 1.165) is 13.0 Å². The number of aliphatic hydroxyl groups excluding tert-OH is 1. The Hall–Kier alpha value is 0.270.